The highest BCUT2D eigenvalue weighted by Gasteiger charge is 2.35. The molecule has 2 unspecified atom stereocenters. The van der Waals surface area contributed by atoms with E-state index in [4.69, 9.17) is 4.74 Å². The van der Waals surface area contributed by atoms with E-state index in [1.165, 1.54) is 39.5 Å². The molecule has 1 N–H and O–H groups in total. The largest absolute Gasteiger partial charge is 0.468 e. The van der Waals surface area contributed by atoms with E-state index in [9.17, 15) is 4.79 Å². The fourth-order valence-electron chi connectivity index (χ4n) is 3.36. The number of hydrogen-bond acceptors (Lipinski definition) is 5. The normalized spacial score (nSPS) is 27.6. The predicted octanol–water partition coefficient (Wildman–Crippen LogP) is 0.698. The van der Waals surface area contributed by atoms with Crippen molar-refractivity contribution in [3.05, 3.63) is 0 Å². The topological polar surface area (TPSA) is 44.8 Å². The van der Waals surface area contributed by atoms with E-state index in [1.807, 2.05) is 14.0 Å². The summed E-state index contributed by atoms with van der Waals surface area (Å²) in [5, 5.41) is 3.11. The highest BCUT2D eigenvalue weighted by Crippen LogP contribution is 2.21. The van der Waals surface area contributed by atoms with E-state index in [2.05, 4.69) is 15.1 Å². The van der Waals surface area contributed by atoms with Crippen LogP contribution in [0.4, 0.5) is 0 Å². The van der Waals surface area contributed by atoms with Gasteiger partial charge in [-0.1, -0.05) is 0 Å². The van der Waals surface area contributed by atoms with Gasteiger partial charge in [0, 0.05) is 19.1 Å². The second-order valence-corrected chi connectivity index (χ2v) is 6.31. The van der Waals surface area contributed by atoms with Crippen LogP contribution in [-0.2, 0) is 9.53 Å². The lowest BCUT2D eigenvalue weighted by atomic mass is 9.98. The van der Waals surface area contributed by atoms with Gasteiger partial charge >= 0.3 is 5.97 Å². The standard InChI is InChI=1S/C15H29N3O2/c1-15(16-2,14(19)20-3)7-11-17-10-6-13(12-17)18-8-4-5-9-18/h13,16H,4-12H2,1-3H3. The van der Waals surface area contributed by atoms with Gasteiger partial charge in [-0.2, -0.15) is 0 Å². The highest BCUT2D eigenvalue weighted by atomic mass is 16.5. The van der Waals surface area contributed by atoms with E-state index in [1.54, 1.807) is 0 Å². The number of carbonyl (C=O) groups excluding carboxylic acids is 1. The Balaban J connectivity index is 1.78. The Bertz CT molecular complexity index is 331. The van der Waals surface area contributed by atoms with Crippen LogP contribution in [-0.4, -0.2) is 74.2 Å². The molecule has 0 amide bonds. The number of methoxy groups -OCH3 is 1. The molecule has 2 atom stereocenters. The molecule has 0 spiro atoms. The average Bonchev–Trinajstić information content (AvgIpc) is 3.14. The Morgan fingerprint density at radius 1 is 1.35 bits per heavy atom. The van der Waals surface area contributed by atoms with Gasteiger partial charge in [-0.05, 0) is 59.3 Å². The molecule has 0 aromatic rings. The maximum absolute atomic E-state index is 11.8. The summed E-state index contributed by atoms with van der Waals surface area (Å²) < 4.78 is 4.90. The van der Waals surface area contributed by atoms with Crippen LogP contribution < -0.4 is 5.32 Å². The van der Waals surface area contributed by atoms with Crippen LogP contribution in [0.3, 0.4) is 0 Å². The van der Waals surface area contributed by atoms with Crippen molar-refractivity contribution in [3.8, 4) is 0 Å². The van der Waals surface area contributed by atoms with Crippen molar-refractivity contribution in [2.24, 2.45) is 0 Å². The molecule has 5 nitrogen and oxygen atoms in total. The van der Waals surface area contributed by atoms with E-state index in [-0.39, 0.29) is 5.97 Å². The monoisotopic (exact) mass is 283 g/mol. The third-order valence-corrected chi connectivity index (χ3v) is 5.02. The summed E-state index contributed by atoms with van der Waals surface area (Å²) in [5.74, 6) is -0.171. The number of nitrogens with one attached hydrogen (secondary N) is 1. The maximum atomic E-state index is 11.8. The first-order valence-electron chi connectivity index (χ1n) is 7.83. The Morgan fingerprint density at radius 2 is 2.05 bits per heavy atom. The minimum Gasteiger partial charge on any atom is -0.468 e. The smallest absolute Gasteiger partial charge is 0.325 e. The lowest BCUT2D eigenvalue weighted by Crippen LogP contribution is -2.50. The number of likely N-dealkylation sites (N-methyl/N-ethyl adjacent to an activating group) is 1. The molecular weight excluding hydrogens is 254 g/mol. The summed E-state index contributed by atoms with van der Waals surface area (Å²) in [4.78, 5) is 17.0. The van der Waals surface area contributed by atoms with Crippen LogP contribution in [0, 0.1) is 0 Å². The van der Waals surface area contributed by atoms with Crippen LogP contribution in [0.1, 0.15) is 32.6 Å². The predicted molar refractivity (Wildman–Crippen MR) is 79.7 cm³/mol. The number of ether oxygens (including phenoxy) is 1. The SMILES string of the molecule is CNC(C)(CCN1CCC(N2CCCC2)C1)C(=O)OC. The summed E-state index contributed by atoms with van der Waals surface area (Å²) in [5.41, 5.74) is -0.569. The van der Waals surface area contributed by atoms with Crippen molar-refractivity contribution in [2.45, 2.75) is 44.2 Å². The molecule has 2 rings (SSSR count). The number of likely N-dealkylation sites (tertiary alicyclic amines) is 2. The molecule has 2 heterocycles. The van der Waals surface area contributed by atoms with Gasteiger partial charge in [-0.15, -0.1) is 0 Å². The molecule has 2 fully saturated rings. The molecule has 0 aromatic heterocycles. The summed E-state index contributed by atoms with van der Waals surface area (Å²) in [6.07, 6.45) is 4.78. The fourth-order valence-corrected chi connectivity index (χ4v) is 3.36. The van der Waals surface area contributed by atoms with E-state index in [0.29, 0.717) is 0 Å². The zero-order chi connectivity index (χ0) is 14.6. The van der Waals surface area contributed by atoms with Gasteiger partial charge in [0.25, 0.3) is 0 Å². The van der Waals surface area contributed by atoms with E-state index in [0.717, 1.165) is 32.1 Å². The van der Waals surface area contributed by atoms with Crippen LogP contribution in [0.25, 0.3) is 0 Å². The lowest BCUT2D eigenvalue weighted by Gasteiger charge is -2.29. The molecule has 2 saturated heterocycles. The third-order valence-electron chi connectivity index (χ3n) is 5.02. The molecule has 5 heteroatoms. The quantitative estimate of drug-likeness (QED) is 0.727. The fraction of sp³-hybridized carbons (Fsp3) is 0.933. The molecule has 2 aliphatic heterocycles. The van der Waals surface area contributed by atoms with Gasteiger partial charge in [0.05, 0.1) is 7.11 Å². The molecule has 0 saturated carbocycles. The maximum Gasteiger partial charge on any atom is 0.325 e. The second-order valence-electron chi connectivity index (χ2n) is 6.31. The van der Waals surface area contributed by atoms with Gasteiger partial charge in [0.2, 0.25) is 0 Å². The molecule has 116 valence electrons. The van der Waals surface area contributed by atoms with E-state index < -0.39 is 5.54 Å². The Morgan fingerprint density at radius 3 is 2.65 bits per heavy atom. The first-order chi connectivity index (χ1) is 9.59. The molecule has 0 bridgehead atoms. The Kier molecular flexibility index (Phi) is 5.41. The van der Waals surface area contributed by atoms with Crippen LogP contribution >= 0.6 is 0 Å². The zero-order valence-corrected chi connectivity index (χ0v) is 13.2. The third kappa shape index (κ3) is 3.51. The molecule has 0 aliphatic carbocycles. The van der Waals surface area contributed by atoms with Crippen molar-refractivity contribution in [1.82, 2.24) is 15.1 Å². The average molecular weight is 283 g/mol. The molecular formula is C15H29N3O2. The molecule has 2 aliphatic rings. The molecule has 0 radical (unpaired) electrons. The van der Waals surface area contributed by atoms with Crippen LogP contribution in [0.5, 0.6) is 0 Å². The first-order valence-corrected chi connectivity index (χ1v) is 7.83. The molecule has 20 heavy (non-hydrogen) atoms. The van der Waals surface area contributed by atoms with Gasteiger partial charge in [0.1, 0.15) is 5.54 Å². The zero-order valence-electron chi connectivity index (χ0n) is 13.2. The number of nitrogens with zero attached hydrogens (tertiary/aromatic N) is 2. The van der Waals surface area contributed by atoms with Crippen molar-refractivity contribution in [1.29, 1.82) is 0 Å². The van der Waals surface area contributed by atoms with Gasteiger partial charge < -0.3 is 15.0 Å². The number of esters is 1. The van der Waals surface area contributed by atoms with Crippen LogP contribution in [0.15, 0.2) is 0 Å². The highest BCUT2D eigenvalue weighted by molar-refractivity contribution is 5.80. The summed E-state index contributed by atoms with van der Waals surface area (Å²) in [6.45, 7) is 7.73. The van der Waals surface area contributed by atoms with Crippen LogP contribution in [0.2, 0.25) is 0 Å². The Labute approximate surface area is 122 Å². The van der Waals surface area contributed by atoms with Crippen molar-refractivity contribution < 1.29 is 9.53 Å². The minimum atomic E-state index is -0.569. The second kappa shape index (κ2) is 6.87. The summed E-state index contributed by atoms with van der Waals surface area (Å²) in [7, 11) is 3.28. The number of rotatable bonds is 6. The summed E-state index contributed by atoms with van der Waals surface area (Å²) in [6, 6.07) is 0.733. The number of hydrogen-bond donors (Lipinski definition) is 1. The Hall–Kier alpha value is -0.650. The lowest BCUT2D eigenvalue weighted by molar-refractivity contribution is -0.148. The van der Waals surface area contributed by atoms with Crippen molar-refractivity contribution in [3.63, 3.8) is 0 Å². The summed E-state index contributed by atoms with van der Waals surface area (Å²) >= 11 is 0. The molecule has 0 aromatic carbocycles. The minimum absolute atomic E-state index is 0.171. The van der Waals surface area contributed by atoms with Gasteiger partial charge in [-0.3, -0.25) is 9.69 Å². The first kappa shape index (κ1) is 15.7. The van der Waals surface area contributed by atoms with Crippen molar-refractivity contribution >= 4 is 5.97 Å². The van der Waals surface area contributed by atoms with Crippen molar-refractivity contribution in [2.75, 3.05) is 46.9 Å². The van der Waals surface area contributed by atoms with Gasteiger partial charge in [0.15, 0.2) is 0 Å². The number of carbonyl (C=O) groups is 1. The van der Waals surface area contributed by atoms with E-state index >= 15 is 0 Å². The van der Waals surface area contributed by atoms with Gasteiger partial charge in [-0.25, -0.2) is 0 Å².